The van der Waals surface area contributed by atoms with E-state index in [0.717, 1.165) is 60.7 Å². The van der Waals surface area contributed by atoms with Gasteiger partial charge in [0.25, 0.3) is 5.91 Å². The van der Waals surface area contributed by atoms with Gasteiger partial charge in [-0.15, -0.1) is 0 Å². The molecule has 0 unspecified atom stereocenters. The van der Waals surface area contributed by atoms with Crippen molar-refractivity contribution in [2.45, 2.75) is 20.4 Å². The van der Waals surface area contributed by atoms with Crippen LogP contribution in [0.5, 0.6) is 0 Å². The Morgan fingerprint density at radius 3 is 2.47 bits per heavy atom. The molecule has 6 aromatic rings. The lowest BCUT2D eigenvalue weighted by Crippen LogP contribution is -2.24. The molecule has 0 saturated carbocycles. The highest BCUT2D eigenvalue weighted by molar-refractivity contribution is 6.26. The van der Waals surface area contributed by atoms with Gasteiger partial charge in [0, 0.05) is 39.3 Å². The number of amides is 1. The van der Waals surface area contributed by atoms with Gasteiger partial charge in [-0.25, -0.2) is 4.98 Å². The molecule has 6 heteroatoms. The fraction of sp³-hybridized carbons (Fsp3) is 0.100. The van der Waals surface area contributed by atoms with Gasteiger partial charge in [0.2, 0.25) is 0 Å². The number of nitrogens with two attached hydrogens (primary N) is 1. The van der Waals surface area contributed by atoms with Crippen LogP contribution in [-0.4, -0.2) is 10.9 Å². The van der Waals surface area contributed by atoms with Crippen molar-refractivity contribution >= 4 is 44.4 Å². The van der Waals surface area contributed by atoms with Crippen LogP contribution in [0, 0.1) is 25.2 Å². The molecule has 6 rings (SSSR count). The van der Waals surface area contributed by atoms with Gasteiger partial charge >= 0.3 is 0 Å². The first-order chi connectivity index (χ1) is 17.4. The molecule has 3 N–H and O–H groups in total. The Kier molecular flexibility index (Phi) is 4.87. The Bertz CT molecular complexity index is 1840. The fourth-order valence-electron chi connectivity index (χ4n) is 5.04. The van der Waals surface area contributed by atoms with E-state index in [1.165, 1.54) is 0 Å². The summed E-state index contributed by atoms with van der Waals surface area (Å²) in [5.41, 5.74) is 13.2. The number of anilines is 1. The zero-order valence-corrected chi connectivity index (χ0v) is 19.8. The summed E-state index contributed by atoms with van der Waals surface area (Å²) in [4.78, 5) is 17.3. The van der Waals surface area contributed by atoms with Gasteiger partial charge in [-0.1, -0.05) is 24.3 Å². The van der Waals surface area contributed by atoms with Crippen LogP contribution in [0.1, 0.15) is 32.7 Å². The number of carbonyl (C=O) groups is 1. The lowest BCUT2D eigenvalue weighted by molar-refractivity contribution is 0.0951. The molecular formula is C30H22N4O2. The number of hydrogen-bond donors (Lipinski definition) is 2. The van der Waals surface area contributed by atoms with Crippen molar-refractivity contribution in [1.82, 2.24) is 10.3 Å². The molecule has 0 fully saturated rings. The minimum absolute atomic E-state index is 0.168. The average Bonchev–Trinajstić information content (AvgIpc) is 3.44. The smallest absolute Gasteiger partial charge is 0.251 e. The van der Waals surface area contributed by atoms with Crippen molar-refractivity contribution in [2.75, 3.05) is 5.73 Å². The Morgan fingerprint density at radius 1 is 0.972 bits per heavy atom. The summed E-state index contributed by atoms with van der Waals surface area (Å²) in [5.74, 6) is 0.307. The molecule has 0 radical (unpaired) electrons. The monoisotopic (exact) mass is 470 g/mol. The van der Waals surface area contributed by atoms with Crippen molar-refractivity contribution in [3.63, 3.8) is 0 Å². The second kappa shape index (κ2) is 8.10. The number of fused-ring (bicyclic) bond motifs is 8. The zero-order chi connectivity index (χ0) is 25.0. The molecular weight excluding hydrogens is 448 g/mol. The number of carbonyl (C=O) groups excluding carboxylic acids is 1. The normalized spacial score (nSPS) is 11.4. The number of nitriles is 1. The van der Waals surface area contributed by atoms with Crippen molar-refractivity contribution in [3.8, 4) is 17.2 Å². The maximum absolute atomic E-state index is 13.0. The molecule has 36 heavy (non-hydrogen) atoms. The molecule has 3 heterocycles. The standard InChI is InChI=1S/C30H22N4O2/c1-16-11-27(32)34-17(2)26(16)15-33-30(35)19-8-10-23-25(13-19)29-24-12-18(7-9-22(24)28(23)36-29)21-6-4-3-5-20(21)14-31/h3-13H,15H2,1-2H3,(H2,32,34)(H,33,35). The Labute approximate surface area is 207 Å². The number of aryl methyl sites for hydroxylation is 2. The maximum Gasteiger partial charge on any atom is 0.251 e. The predicted molar refractivity (Wildman–Crippen MR) is 142 cm³/mol. The number of nitrogen functional groups attached to an aromatic ring is 1. The summed E-state index contributed by atoms with van der Waals surface area (Å²) in [6, 6.07) is 23.4. The topological polar surface area (TPSA) is 105 Å². The molecule has 3 aromatic carbocycles. The summed E-state index contributed by atoms with van der Waals surface area (Å²) in [6.45, 7) is 4.23. The second-order valence-electron chi connectivity index (χ2n) is 9.05. The van der Waals surface area contributed by atoms with Gasteiger partial charge in [-0.2, -0.15) is 5.26 Å². The van der Waals surface area contributed by atoms with Crippen molar-refractivity contribution < 1.29 is 9.21 Å². The number of nitrogens with one attached hydrogen (secondary N) is 1. The summed E-state index contributed by atoms with van der Waals surface area (Å²) >= 11 is 0. The predicted octanol–water partition coefficient (Wildman–Crippen LogP) is 6.24. The molecule has 1 amide bonds. The van der Waals surface area contributed by atoms with E-state index in [1.54, 1.807) is 0 Å². The van der Waals surface area contributed by atoms with E-state index in [9.17, 15) is 10.1 Å². The summed E-state index contributed by atoms with van der Waals surface area (Å²) < 4.78 is 6.18. The number of nitrogens with zero attached hydrogens (tertiary/aromatic N) is 2. The van der Waals surface area contributed by atoms with Gasteiger partial charge in [-0.3, -0.25) is 4.79 Å². The van der Waals surface area contributed by atoms with Gasteiger partial charge in [-0.05, 0) is 78.6 Å². The number of benzene rings is 4. The first kappa shape index (κ1) is 21.6. The number of rotatable bonds is 4. The van der Waals surface area contributed by atoms with E-state index in [2.05, 4.69) is 22.4 Å². The van der Waals surface area contributed by atoms with Crippen LogP contribution >= 0.6 is 0 Å². The summed E-state index contributed by atoms with van der Waals surface area (Å²) in [7, 11) is 0. The molecule has 6 nitrogen and oxygen atoms in total. The minimum atomic E-state index is -0.168. The molecule has 0 saturated heterocycles. The number of aromatic nitrogens is 1. The molecule has 3 aromatic heterocycles. The van der Waals surface area contributed by atoms with Crippen molar-refractivity contribution in [2.24, 2.45) is 0 Å². The van der Waals surface area contributed by atoms with Crippen LogP contribution in [0.2, 0.25) is 0 Å². The van der Waals surface area contributed by atoms with E-state index < -0.39 is 0 Å². The quantitative estimate of drug-likeness (QED) is 0.297. The minimum Gasteiger partial charge on any atom is -0.455 e. The van der Waals surface area contributed by atoms with Crippen LogP contribution in [0.15, 0.2) is 71.1 Å². The van der Waals surface area contributed by atoms with Crippen LogP contribution < -0.4 is 11.1 Å². The van der Waals surface area contributed by atoms with E-state index in [1.807, 2.05) is 74.5 Å². The van der Waals surface area contributed by atoms with Crippen LogP contribution in [0.4, 0.5) is 5.82 Å². The highest BCUT2D eigenvalue weighted by Gasteiger charge is 2.20. The van der Waals surface area contributed by atoms with E-state index in [-0.39, 0.29) is 5.91 Å². The third-order valence-electron chi connectivity index (χ3n) is 6.84. The zero-order valence-electron chi connectivity index (χ0n) is 19.8. The van der Waals surface area contributed by atoms with Gasteiger partial charge in [0.05, 0.1) is 11.6 Å². The molecule has 0 aliphatic rings. The lowest BCUT2D eigenvalue weighted by Gasteiger charge is -2.11. The van der Waals surface area contributed by atoms with Crippen molar-refractivity contribution in [3.05, 3.63) is 94.7 Å². The Morgan fingerprint density at radius 2 is 1.69 bits per heavy atom. The Balaban J connectivity index is 1.37. The van der Waals surface area contributed by atoms with Gasteiger partial charge < -0.3 is 15.5 Å². The van der Waals surface area contributed by atoms with E-state index >= 15 is 0 Å². The van der Waals surface area contributed by atoms with Crippen LogP contribution in [0.25, 0.3) is 43.8 Å². The number of hydrogen-bond acceptors (Lipinski definition) is 5. The molecule has 0 aliphatic heterocycles. The molecule has 174 valence electrons. The van der Waals surface area contributed by atoms with Crippen LogP contribution in [0.3, 0.4) is 0 Å². The highest BCUT2D eigenvalue weighted by Crippen LogP contribution is 2.42. The largest absolute Gasteiger partial charge is 0.455 e. The first-order valence-corrected chi connectivity index (χ1v) is 11.7. The molecule has 0 aliphatic carbocycles. The fourth-order valence-corrected chi connectivity index (χ4v) is 5.04. The summed E-state index contributed by atoms with van der Waals surface area (Å²) in [5, 5.41) is 16.4. The van der Waals surface area contributed by atoms with E-state index in [0.29, 0.717) is 23.5 Å². The van der Waals surface area contributed by atoms with Gasteiger partial charge in [0.1, 0.15) is 17.0 Å². The van der Waals surface area contributed by atoms with Crippen LogP contribution in [-0.2, 0) is 6.54 Å². The third kappa shape index (κ3) is 3.33. The molecule has 2 bridgehead atoms. The number of pyridine rings is 1. The van der Waals surface area contributed by atoms with E-state index in [4.69, 9.17) is 10.2 Å². The first-order valence-electron chi connectivity index (χ1n) is 11.7. The maximum atomic E-state index is 13.0. The highest BCUT2D eigenvalue weighted by atomic mass is 16.3. The number of furan rings is 2. The summed E-state index contributed by atoms with van der Waals surface area (Å²) in [6.07, 6.45) is 0. The lowest BCUT2D eigenvalue weighted by atomic mass is 9.95. The van der Waals surface area contributed by atoms with Gasteiger partial charge in [0.15, 0.2) is 0 Å². The van der Waals surface area contributed by atoms with Crippen molar-refractivity contribution in [1.29, 1.82) is 5.26 Å². The molecule has 0 spiro atoms. The Hall–Kier alpha value is -4.89. The second-order valence-corrected chi connectivity index (χ2v) is 9.05. The molecule has 0 atom stereocenters. The third-order valence-corrected chi connectivity index (χ3v) is 6.84. The SMILES string of the molecule is Cc1cc(N)nc(C)c1CNC(=O)c1ccc2c(c1)c1oc2c2ccc(-c3ccccc3C#N)cc21. The average molecular weight is 471 g/mol.